The van der Waals surface area contributed by atoms with Crippen LogP contribution in [0.2, 0.25) is 0 Å². The number of amides is 1. The quantitative estimate of drug-likeness (QED) is 0.755. The number of ether oxygens (including phenoxy) is 1. The molecule has 0 spiro atoms. The highest BCUT2D eigenvalue weighted by Crippen LogP contribution is 2.55. The van der Waals surface area contributed by atoms with Crippen molar-refractivity contribution in [3.05, 3.63) is 24.3 Å². The van der Waals surface area contributed by atoms with Crippen molar-refractivity contribution in [2.75, 3.05) is 23.7 Å². The van der Waals surface area contributed by atoms with Gasteiger partial charge < -0.3 is 10.1 Å². The normalized spacial score (nSPS) is 30.9. The zero-order valence-corrected chi connectivity index (χ0v) is 17.5. The van der Waals surface area contributed by atoms with Gasteiger partial charge in [-0.3, -0.25) is 9.10 Å². The van der Waals surface area contributed by atoms with E-state index >= 15 is 0 Å². The van der Waals surface area contributed by atoms with E-state index in [4.69, 9.17) is 4.74 Å². The maximum absolute atomic E-state index is 12.9. The molecule has 4 fully saturated rings. The number of benzene rings is 1. The SMILES string of the molecule is CCOc1ccc(N(CC(=O)NC23CC4CC(CC(C4)C2)C3)S(C)(=O)=O)cc1. The number of nitrogens with zero attached hydrogens (tertiary/aromatic N) is 1. The van der Waals surface area contributed by atoms with Crippen LogP contribution in [-0.4, -0.2) is 39.3 Å². The Labute approximate surface area is 167 Å². The van der Waals surface area contributed by atoms with E-state index in [1.165, 1.54) is 23.6 Å². The van der Waals surface area contributed by atoms with Crippen LogP contribution in [0.15, 0.2) is 24.3 Å². The Bertz CT molecular complexity index is 799. The van der Waals surface area contributed by atoms with Crippen molar-refractivity contribution < 1.29 is 17.9 Å². The number of carbonyl (C=O) groups is 1. The van der Waals surface area contributed by atoms with Gasteiger partial charge in [-0.15, -0.1) is 0 Å². The second kappa shape index (κ2) is 7.25. The zero-order valence-electron chi connectivity index (χ0n) is 16.7. The molecule has 1 amide bonds. The number of anilines is 1. The molecular weight excluding hydrogens is 376 g/mol. The number of rotatable bonds is 7. The van der Waals surface area contributed by atoms with Crippen LogP contribution >= 0.6 is 0 Å². The molecule has 7 heteroatoms. The molecular formula is C21H30N2O4S. The fourth-order valence-corrected chi connectivity index (χ4v) is 6.86. The van der Waals surface area contributed by atoms with Gasteiger partial charge in [0, 0.05) is 5.54 Å². The first kappa shape index (κ1) is 19.6. The van der Waals surface area contributed by atoms with Gasteiger partial charge in [-0.25, -0.2) is 8.42 Å². The smallest absolute Gasteiger partial charge is 0.241 e. The van der Waals surface area contributed by atoms with E-state index in [0.29, 0.717) is 18.0 Å². The standard InChI is InChI=1S/C21H30N2O4S/c1-3-27-19-6-4-18(5-7-19)23(28(2,25)26)14-20(24)22-21-11-15-8-16(12-21)10-17(9-15)13-21/h4-7,15-17H,3,8-14H2,1-2H3,(H,22,24). The Balaban J connectivity index is 1.47. The van der Waals surface area contributed by atoms with Crippen LogP contribution in [0.4, 0.5) is 5.69 Å². The molecule has 4 saturated carbocycles. The van der Waals surface area contributed by atoms with E-state index < -0.39 is 10.0 Å². The number of carbonyl (C=O) groups excluding carboxylic acids is 1. The first-order valence-corrected chi connectivity index (χ1v) is 12.1. The largest absolute Gasteiger partial charge is 0.494 e. The first-order chi connectivity index (χ1) is 13.3. The summed E-state index contributed by atoms with van der Waals surface area (Å²) in [6, 6.07) is 6.83. The molecule has 1 aromatic rings. The second-order valence-corrected chi connectivity index (χ2v) is 10.8. The summed E-state index contributed by atoms with van der Waals surface area (Å²) >= 11 is 0. The highest BCUT2D eigenvalue weighted by molar-refractivity contribution is 7.92. The van der Waals surface area contributed by atoms with Crippen molar-refractivity contribution >= 4 is 21.6 Å². The number of sulfonamides is 1. The summed E-state index contributed by atoms with van der Waals surface area (Å²) in [6.07, 6.45) is 8.19. The molecule has 1 aromatic carbocycles. The van der Waals surface area contributed by atoms with E-state index in [0.717, 1.165) is 43.3 Å². The minimum absolute atomic E-state index is 0.117. The molecule has 0 aromatic heterocycles. The van der Waals surface area contributed by atoms with E-state index in [1.54, 1.807) is 24.3 Å². The van der Waals surface area contributed by atoms with Gasteiger partial charge >= 0.3 is 0 Å². The van der Waals surface area contributed by atoms with Crippen molar-refractivity contribution in [2.45, 2.75) is 51.0 Å². The fraction of sp³-hybridized carbons (Fsp3) is 0.667. The molecule has 1 N–H and O–H groups in total. The molecule has 0 heterocycles. The van der Waals surface area contributed by atoms with Crippen molar-refractivity contribution in [1.82, 2.24) is 5.32 Å². The van der Waals surface area contributed by atoms with Gasteiger partial charge in [0.15, 0.2) is 0 Å². The minimum atomic E-state index is -3.57. The van der Waals surface area contributed by atoms with E-state index in [1.807, 2.05) is 6.92 Å². The van der Waals surface area contributed by atoms with Crippen molar-refractivity contribution in [1.29, 1.82) is 0 Å². The number of hydrogen-bond acceptors (Lipinski definition) is 4. The maximum Gasteiger partial charge on any atom is 0.241 e. The van der Waals surface area contributed by atoms with Crippen molar-refractivity contribution in [3.63, 3.8) is 0 Å². The van der Waals surface area contributed by atoms with Gasteiger partial charge in [0.05, 0.1) is 18.6 Å². The summed E-state index contributed by atoms with van der Waals surface area (Å²) in [5, 5.41) is 3.26. The van der Waals surface area contributed by atoms with Crippen LogP contribution in [0.1, 0.15) is 45.4 Å². The zero-order chi connectivity index (χ0) is 19.9. The van der Waals surface area contributed by atoms with Gasteiger partial charge in [-0.2, -0.15) is 0 Å². The van der Waals surface area contributed by atoms with E-state index in [2.05, 4.69) is 5.32 Å². The lowest BCUT2D eigenvalue weighted by Crippen LogP contribution is -2.61. The lowest BCUT2D eigenvalue weighted by molar-refractivity contribution is -0.125. The molecule has 0 radical (unpaired) electrons. The summed E-state index contributed by atoms with van der Waals surface area (Å²) in [5.41, 5.74) is 0.361. The first-order valence-electron chi connectivity index (χ1n) is 10.3. The molecule has 0 saturated heterocycles. The molecule has 0 unspecified atom stereocenters. The monoisotopic (exact) mass is 406 g/mol. The average molecular weight is 407 g/mol. The van der Waals surface area contributed by atoms with Gasteiger partial charge in [0.25, 0.3) is 0 Å². The molecule has 0 aliphatic heterocycles. The number of hydrogen-bond donors (Lipinski definition) is 1. The molecule has 6 nitrogen and oxygen atoms in total. The molecule has 4 bridgehead atoms. The lowest BCUT2D eigenvalue weighted by Gasteiger charge is -2.57. The van der Waals surface area contributed by atoms with Crippen LogP contribution < -0.4 is 14.4 Å². The average Bonchev–Trinajstić information content (AvgIpc) is 2.58. The topological polar surface area (TPSA) is 75.7 Å². The third-order valence-electron chi connectivity index (χ3n) is 6.57. The highest BCUT2D eigenvalue weighted by atomic mass is 32.2. The van der Waals surface area contributed by atoms with E-state index in [9.17, 15) is 13.2 Å². The number of nitrogens with one attached hydrogen (secondary N) is 1. The Hall–Kier alpha value is -1.76. The predicted molar refractivity (Wildman–Crippen MR) is 109 cm³/mol. The predicted octanol–water partition coefficient (Wildman–Crippen LogP) is 2.94. The molecule has 5 rings (SSSR count). The Morgan fingerprint density at radius 2 is 1.64 bits per heavy atom. The van der Waals surface area contributed by atoms with Crippen LogP contribution in [-0.2, 0) is 14.8 Å². The summed E-state index contributed by atoms with van der Waals surface area (Å²) in [5.74, 6) is 2.65. The van der Waals surface area contributed by atoms with Crippen LogP contribution in [0, 0.1) is 17.8 Å². The van der Waals surface area contributed by atoms with Crippen molar-refractivity contribution in [2.24, 2.45) is 17.8 Å². The van der Waals surface area contributed by atoms with Gasteiger partial charge in [-0.05, 0) is 87.5 Å². The van der Waals surface area contributed by atoms with Crippen LogP contribution in [0.5, 0.6) is 5.75 Å². The second-order valence-electron chi connectivity index (χ2n) is 8.94. The van der Waals surface area contributed by atoms with Gasteiger partial charge in [0.2, 0.25) is 15.9 Å². The molecule has 4 aliphatic rings. The Morgan fingerprint density at radius 1 is 1.11 bits per heavy atom. The van der Waals surface area contributed by atoms with Crippen LogP contribution in [0.3, 0.4) is 0 Å². The Kier molecular flexibility index (Phi) is 5.06. The summed E-state index contributed by atoms with van der Waals surface area (Å²) in [7, 11) is -3.57. The fourth-order valence-electron chi connectivity index (χ4n) is 6.00. The molecule has 154 valence electrons. The summed E-state index contributed by atoms with van der Waals surface area (Å²) in [4.78, 5) is 12.9. The Morgan fingerprint density at radius 3 is 2.11 bits per heavy atom. The minimum Gasteiger partial charge on any atom is -0.494 e. The third kappa shape index (κ3) is 4.00. The van der Waals surface area contributed by atoms with Crippen LogP contribution in [0.25, 0.3) is 0 Å². The maximum atomic E-state index is 12.9. The lowest BCUT2D eigenvalue weighted by atomic mass is 9.53. The summed E-state index contributed by atoms with van der Waals surface area (Å²) < 4.78 is 31.3. The molecule has 4 aliphatic carbocycles. The van der Waals surface area contributed by atoms with Crippen molar-refractivity contribution in [3.8, 4) is 5.75 Å². The third-order valence-corrected chi connectivity index (χ3v) is 7.71. The molecule has 0 atom stereocenters. The molecule has 28 heavy (non-hydrogen) atoms. The highest BCUT2D eigenvalue weighted by Gasteiger charge is 2.51. The van der Waals surface area contributed by atoms with Gasteiger partial charge in [-0.1, -0.05) is 0 Å². The van der Waals surface area contributed by atoms with Gasteiger partial charge in [0.1, 0.15) is 12.3 Å². The van der Waals surface area contributed by atoms with E-state index in [-0.39, 0.29) is 18.0 Å². The summed E-state index contributed by atoms with van der Waals surface area (Å²) in [6.45, 7) is 2.25.